The van der Waals surface area contributed by atoms with Gasteiger partial charge in [0.25, 0.3) is 0 Å². The highest BCUT2D eigenvalue weighted by Crippen LogP contribution is 2.23. The summed E-state index contributed by atoms with van der Waals surface area (Å²) in [7, 11) is 0. The summed E-state index contributed by atoms with van der Waals surface area (Å²) in [4.78, 5) is 12.4. The van der Waals surface area contributed by atoms with Crippen molar-refractivity contribution in [2.75, 3.05) is 5.32 Å². The number of benzene rings is 1. The van der Waals surface area contributed by atoms with Crippen molar-refractivity contribution in [1.82, 2.24) is 10.2 Å². The molecule has 0 aliphatic heterocycles. The summed E-state index contributed by atoms with van der Waals surface area (Å²) in [5, 5.41) is 12.6. The van der Waals surface area contributed by atoms with Gasteiger partial charge >= 0.3 is 0 Å². The lowest BCUT2D eigenvalue weighted by Gasteiger charge is -2.13. The van der Waals surface area contributed by atoms with Crippen molar-refractivity contribution in [3.63, 3.8) is 0 Å². The summed E-state index contributed by atoms with van der Waals surface area (Å²) >= 11 is 1.46. The van der Waals surface area contributed by atoms with Crippen LogP contribution in [0.1, 0.15) is 43.7 Å². The first-order valence-corrected chi connectivity index (χ1v) is 8.10. The molecular formula is C16H21N3OS. The molecule has 1 unspecified atom stereocenters. The van der Waals surface area contributed by atoms with Crippen molar-refractivity contribution in [1.29, 1.82) is 0 Å². The van der Waals surface area contributed by atoms with E-state index in [-0.39, 0.29) is 11.8 Å². The van der Waals surface area contributed by atoms with Crippen molar-refractivity contribution < 1.29 is 4.79 Å². The zero-order valence-electron chi connectivity index (χ0n) is 12.7. The van der Waals surface area contributed by atoms with Gasteiger partial charge in [-0.2, -0.15) is 0 Å². The Balaban J connectivity index is 2.04. The first-order chi connectivity index (χ1) is 10.1. The Morgan fingerprint density at radius 1 is 1.24 bits per heavy atom. The molecule has 0 aliphatic carbocycles. The summed E-state index contributed by atoms with van der Waals surface area (Å²) in [6.07, 6.45) is 1.65. The maximum atomic E-state index is 12.4. The Bertz CT molecular complexity index is 580. The number of aromatic nitrogens is 2. The smallest absolute Gasteiger partial charge is 0.233 e. The number of anilines is 1. The van der Waals surface area contributed by atoms with Gasteiger partial charge in [-0.1, -0.05) is 62.4 Å². The van der Waals surface area contributed by atoms with Gasteiger partial charge in [0, 0.05) is 6.42 Å². The molecule has 0 bridgehead atoms. The third kappa shape index (κ3) is 4.36. The van der Waals surface area contributed by atoms with Crippen LogP contribution in [0.2, 0.25) is 0 Å². The minimum atomic E-state index is -0.149. The summed E-state index contributed by atoms with van der Waals surface area (Å²) < 4.78 is 0. The molecule has 1 aromatic carbocycles. The minimum Gasteiger partial charge on any atom is -0.300 e. The molecular weight excluding hydrogens is 282 g/mol. The number of rotatable bonds is 6. The fraction of sp³-hybridized carbons (Fsp3) is 0.438. The first-order valence-electron chi connectivity index (χ1n) is 7.28. The van der Waals surface area contributed by atoms with Crippen LogP contribution in [0, 0.1) is 5.92 Å². The molecule has 0 spiro atoms. The summed E-state index contributed by atoms with van der Waals surface area (Å²) in [6.45, 7) is 6.30. The molecule has 1 amide bonds. The van der Waals surface area contributed by atoms with Crippen molar-refractivity contribution >= 4 is 22.4 Å². The third-order valence-electron chi connectivity index (χ3n) is 3.21. The lowest BCUT2D eigenvalue weighted by molar-refractivity contribution is -0.117. The lowest BCUT2D eigenvalue weighted by Crippen LogP contribution is -2.20. The van der Waals surface area contributed by atoms with Gasteiger partial charge in [0.1, 0.15) is 5.01 Å². The normalized spacial score (nSPS) is 12.4. The van der Waals surface area contributed by atoms with E-state index in [1.54, 1.807) is 0 Å². The molecule has 0 saturated carbocycles. The molecule has 0 aliphatic rings. The van der Waals surface area contributed by atoms with Crippen LogP contribution < -0.4 is 5.32 Å². The van der Waals surface area contributed by atoms with E-state index < -0.39 is 0 Å². The molecule has 1 N–H and O–H groups in total. The minimum absolute atomic E-state index is 0.0176. The lowest BCUT2D eigenvalue weighted by atomic mass is 9.96. The predicted molar refractivity (Wildman–Crippen MR) is 86.6 cm³/mol. The van der Waals surface area contributed by atoms with Crippen molar-refractivity contribution in [3.8, 4) is 0 Å². The van der Waals surface area contributed by atoms with Crippen LogP contribution in [-0.4, -0.2) is 16.1 Å². The third-order valence-corrected chi connectivity index (χ3v) is 4.07. The van der Waals surface area contributed by atoms with Crippen LogP contribution in [0.3, 0.4) is 0 Å². The van der Waals surface area contributed by atoms with Crippen molar-refractivity contribution in [3.05, 3.63) is 40.9 Å². The second-order valence-electron chi connectivity index (χ2n) is 5.46. The van der Waals surface area contributed by atoms with Gasteiger partial charge in [0.2, 0.25) is 11.0 Å². The molecule has 2 aromatic rings. The van der Waals surface area contributed by atoms with Crippen LogP contribution in [0.15, 0.2) is 30.3 Å². The second kappa shape index (κ2) is 7.31. The van der Waals surface area contributed by atoms with Crippen LogP contribution in [-0.2, 0) is 11.2 Å². The molecule has 0 saturated heterocycles. The van der Waals surface area contributed by atoms with Gasteiger partial charge in [0.15, 0.2) is 0 Å². The van der Waals surface area contributed by atoms with Crippen LogP contribution in [0.4, 0.5) is 5.13 Å². The average Bonchev–Trinajstić information content (AvgIpc) is 2.87. The SMILES string of the molecule is CCC(C(=O)Nc1nnc(CC(C)C)s1)c1ccccc1. The maximum absolute atomic E-state index is 12.4. The first kappa shape index (κ1) is 15.6. The molecule has 1 atom stereocenters. The number of nitrogens with zero attached hydrogens (tertiary/aromatic N) is 2. The van der Waals surface area contributed by atoms with Gasteiger partial charge in [-0.3, -0.25) is 10.1 Å². The number of carbonyl (C=O) groups is 1. The van der Waals surface area contributed by atoms with E-state index >= 15 is 0 Å². The highest BCUT2D eigenvalue weighted by Gasteiger charge is 2.20. The van der Waals surface area contributed by atoms with E-state index in [9.17, 15) is 4.79 Å². The number of nitrogens with one attached hydrogen (secondary N) is 1. The molecule has 21 heavy (non-hydrogen) atoms. The molecule has 0 fully saturated rings. The summed E-state index contributed by atoms with van der Waals surface area (Å²) in [5.74, 6) is 0.369. The second-order valence-corrected chi connectivity index (χ2v) is 6.52. The Labute approximate surface area is 129 Å². The number of carbonyl (C=O) groups excluding carboxylic acids is 1. The summed E-state index contributed by atoms with van der Waals surface area (Å²) in [5.41, 5.74) is 1.03. The molecule has 112 valence electrons. The molecule has 0 radical (unpaired) electrons. The zero-order chi connectivity index (χ0) is 15.2. The van der Waals surface area contributed by atoms with Crippen molar-refractivity contribution in [2.24, 2.45) is 5.92 Å². The average molecular weight is 303 g/mol. The van der Waals surface area contributed by atoms with Gasteiger partial charge in [0.05, 0.1) is 5.92 Å². The standard InChI is InChI=1S/C16H21N3OS/c1-4-13(12-8-6-5-7-9-12)15(20)17-16-19-18-14(21-16)10-11(2)3/h5-9,11,13H,4,10H2,1-3H3,(H,17,19,20). The van der Waals surface area contributed by atoms with E-state index in [1.165, 1.54) is 11.3 Å². The molecule has 1 aromatic heterocycles. The fourth-order valence-electron chi connectivity index (χ4n) is 2.19. The van der Waals surface area contributed by atoms with E-state index in [4.69, 9.17) is 0 Å². The Hall–Kier alpha value is -1.75. The number of hydrogen-bond donors (Lipinski definition) is 1. The van der Waals surface area contributed by atoms with Gasteiger partial charge in [-0.15, -0.1) is 10.2 Å². The number of hydrogen-bond acceptors (Lipinski definition) is 4. The number of amides is 1. The zero-order valence-corrected chi connectivity index (χ0v) is 13.5. The van der Waals surface area contributed by atoms with Crippen molar-refractivity contribution in [2.45, 2.75) is 39.5 Å². The molecule has 1 heterocycles. The fourth-order valence-corrected chi connectivity index (χ4v) is 3.14. The quantitative estimate of drug-likeness (QED) is 0.881. The summed E-state index contributed by atoms with van der Waals surface area (Å²) in [6, 6.07) is 9.83. The highest BCUT2D eigenvalue weighted by molar-refractivity contribution is 7.15. The largest absolute Gasteiger partial charge is 0.300 e. The van der Waals surface area contributed by atoms with Crippen LogP contribution in [0.5, 0.6) is 0 Å². The predicted octanol–water partition coefficient (Wildman–Crippen LogP) is 3.87. The molecule has 2 rings (SSSR count). The Kier molecular flexibility index (Phi) is 5.44. The molecule has 5 heteroatoms. The van der Waals surface area contributed by atoms with Crippen LogP contribution >= 0.6 is 11.3 Å². The van der Waals surface area contributed by atoms with Gasteiger partial charge in [-0.25, -0.2) is 0 Å². The molecule has 4 nitrogen and oxygen atoms in total. The maximum Gasteiger partial charge on any atom is 0.233 e. The van der Waals surface area contributed by atoms with E-state index in [0.29, 0.717) is 11.0 Å². The van der Waals surface area contributed by atoms with Gasteiger partial charge in [-0.05, 0) is 17.9 Å². The van der Waals surface area contributed by atoms with E-state index in [0.717, 1.165) is 23.4 Å². The Morgan fingerprint density at radius 2 is 1.95 bits per heavy atom. The van der Waals surface area contributed by atoms with Crippen LogP contribution in [0.25, 0.3) is 0 Å². The van der Waals surface area contributed by atoms with E-state index in [2.05, 4.69) is 29.4 Å². The van der Waals surface area contributed by atoms with E-state index in [1.807, 2.05) is 37.3 Å². The van der Waals surface area contributed by atoms with Gasteiger partial charge < -0.3 is 0 Å². The topological polar surface area (TPSA) is 54.9 Å². The Morgan fingerprint density at radius 3 is 2.57 bits per heavy atom. The monoisotopic (exact) mass is 303 g/mol. The highest BCUT2D eigenvalue weighted by atomic mass is 32.1.